The maximum atomic E-state index is 14.4. The van der Waals surface area contributed by atoms with E-state index in [2.05, 4.69) is 4.99 Å². The van der Waals surface area contributed by atoms with Gasteiger partial charge in [-0.2, -0.15) is 0 Å². The highest BCUT2D eigenvalue weighted by molar-refractivity contribution is 7.92. The number of methoxy groups -OCH3 is 1. The quantitative estimate of drug-likeness (QED) is 0.630. The summed E-state index contributed by atoms with van der Waals surface area (Å²) in [5.74, 6) is -0.897. The van der Waals surface area contributed by atoms with Crippen LogP contribution in [0.4, 0.5) is 10.1 Å². The van der Waals surface area contributed by atoms with Gasteiger partial charge in [0.1, 0.15) is 21.9 Å². The minimum atomic E-state index is -3.62. The number of rotatable bonds is 4. The van der Waals surface area contributed by atoms with E-state index < -0.39 is 37.0 Å². The molecule has 2 N–H and O–H groups in total. The van der Waals surface area contributed by atoms with Gasteiger partial charge in [-0.3, -0.25) is 15.1 Å². The van der Waals surface area contributed by atoms with Gasteiger partial charge >= 0.3 is 0 Å². The molecule has 0 unspecified atom stereocenters. The van der Waals surface area contributed by atoms with Gasteiger partial charge < -0.3 is 10.5 Å². The fourth-order valence-corrected chi connectivity index (χ4v) is 3.88. The van der Waals surface area contributed by atoms with Crippen molar-refractivity contribution < 1.29 is 22.5 Å². The van der Waals surface area contributed by atoms with Crippen LogP contribution in [0.3, 0.4) is 0 Å². The van der Waals surface area contributed by atoms with Crippen LogP contribution in [-0.4, -0.2) is 43.4 Å². The van der Waals surface area contributed by atoms with Gasteiger partial charge in [-0.25, -0.2) is 12.8 Å². The van der Waals surface area contributed by atoms with E-state index in [0.29, 0.717) is 0 Å². The molecular formula is C15H20FN3O5S. The Bertz CT molecular complexity index is 857. The summed E-state index contributed by atoms with van der Waals surface area (Å²) >= 11 is 0. The Morgan fingerprint density at radius 1 is 1.44 bits per heavy atom. The first kappa shape index (κ1) is 19.3. The van der Waals surface area contributed by atoms with Crippen LogP contribution in [-0.2, 0) is 20.1 Å². The number of amidine groups is 1. The molecule has 10 heteroatoms. The van der Waals surface area contributed by atoms with Crippen molar-refractivity contribution in [1.29, 1.82) is 0 Å². The number of hydrogen-bond donors (Lipinski definition) is 1. The molecule has 0 radical (unpaired) electrons. The molecule has 0 bridgehead atoms. The maximum absolute atomic E-state index is 14.4. The van der Waals surface area contributed by atoms with E-state index in [0.717, 1.165) is 24.5 Å². The Labute approximate surface area is 145 Å². The van der Waals surface area contributed by atoms with Gasteiger partial charge in [0.25, 0.3) is 5.69 Å². The van der Waals surface area contributed by atoms with Gasteiger partial charge in [-0.1, -0.05) is 0 Å². The van der Waals surface area contributed by atoms with Crippen LogP contribution >= 0.6 is 0 Å². The van der Waals surface area contributed by atoms with Crippen molar-refractivity contribution in [2.75, 3.05) is 13.4 Å². The zero-order chi connectivity index (χ0) is 19.2. The molecule has 0 spiro atoms. The standard InChI is InChI=1S/C15H20FN3O5S/c1-14(25(4,22)23)8-12(24-3)15(2,18-13(14)17)10-7-9(19(20)21)5-6-11(10)16/h5-7,12H,8H2,1-4H3,(H2,17,18)/t12-,14-,15+/m0/s1. The molecule has 0 fully saturated rings. The highest BCUT2D eigenvalue weighted by atomic mass is 32.2. The molecule has 0 amide bonds. The molecule has 0 saturated carbocycles. The smallest absolute Gasteiger partial charge is 0.270 e. The summed E-state index contributed by atoms with van der Waals surface area (Å²) in [6.45, 7) is 2.94. The first-order chi connectivity index (χ1) is 11.4. The Morgan fingerprint density at radius 3 is 2.52 bits per heavy atom. The van der Waals surface area contributed by atoms with Gasteiger partial charge in [-0.05, 0) is 19.9 Å². The average molecular weight is 373 g/mol. The molecule has 1 heterocycles. The molecule has 1 aromatic carbocycles. The lowest BCUT2D eigenvalue weighted by Crippen LogP contribution is -2.58. The van der Waals surface area contributed by atoms with Crippen LogP contribution in [0.25, 0.3) is 0 Å². The number of hydrogen-bond acceptors (Lipinski definition) is 7. The summed E-state index contributed by atoms with van der Waals surface area (Å²) in [7, 11) is -2.27. The molecule has 2 rings (SSSR count). The predicted molar refractivity (Wildman–Crippen MR) is 90.7 cm³/mol. The first-order valence-electron chi connectivity index (χ1n) is 7.39. The lowest BCUT2D eigenvalue weighted by atomic mass is 9.78. The SMILES string of the molecule is CO[C@H]1C[C@](C)(S(C)(=O)=O)C(N)=N[C@]1(C)c1cc([N+](=O)[O-])ccc1F. The third-order valence-electron chi connectivity index (χ3n) is 4.91. The molecule has 8 nitrogen and oxygen atoms in total. The second-order valence-corrected chi connectivity index (χ2v) is 8.94. The lowest BCUT2D eigenvalue weighted by molar-refractivity contribution is -0.385. The van der Waals surface area contributed by atoms with Crippen LogP contribution in [0.1, 0.15) is 25.8 Å². The van der Waals surface area contributed by atoms with Crippen molar-refractivity contribution in [1.82, 2.24) is 0 Å². The van der Waals surface area contributed by atoms with Gasteiger partial charge in [0, 0.05) is 37.5 Å². The molecule has 25 heavy (non-hydrogen) atoms. The lowest BCUT2D eigenvalue weighted by Gasteiger charge is -2.44. The zero-order valence-electron chi connectivity index (χ0n) is 14.3. The highest BCUT2D eigenvalue weighted by Crippen LogP contribution is 2.43. The van der Waals surface area contributed by atoms with Crippen LogP contribution in [0.15, 0.2) is 23.2 Å². The van der Waals surface area contributed by atoms with Crippen molar-refractivity contribution in [3.8, 4) is 0 Å². The number of benzene rings is 1. The monoisotopic (exact) mass is 373 g/mol. The molecule has 3 atom stereocenters. The van der Waals surface area contributed by atoms with Crippen molar-refractivity contribution in [2.24, 2.45) is 10.7 Å². The van der Waals surface area contributed by atoms with Gasteiger partial charge in [0.2, 0.25) is 0 Å². The fraction of sp³-hybridized carbons (Fsp3) is 0.533. The first-order valence-corrected chi connectivity index (χ1v) is 9.28. The third kappa shape index (κ3) is 2.99. The summed E-state index contributed by atoms with van der Waals surface area (Å²) in [5, 5.41) is 11.0. The molecule has 1 aromatic rings. The molecule has 0 aliphatic carbocycles. The summed E-state index contributed by atoms with van der Waals surface area (Å²) in [6, 6.07) is 3.09. The number of ether oxygens (including phenoxy) is 1. The molecular weight excluding hydrogens is 353 g/mol. The minimum Gasteiger partial charge on any atom is -0.386 e. The second kappa shape index (κ2) is 6.03. The number of halogens is 1. The number of non-ortho nitro benzene ring substituents is 1. The van der Waals surface area contributed by atoms with Gasteiger partial charge in [0.05, 0.1) is 11.0 Å². The van der Waals surface area contributed by atoms with E-state index in [4.69, 9.17) is 10.5 Å². The number of nitrogens with zero attached hydrogens (tertiary/aromatic N) is 2. The summed E-state index contributed by atoms with van der Waals surface area (Å²) in [4.78, 5) is 14.6. The molecule has 0 aromatic heterocycles. The normalized spacial score (nSPS) is 30.0. The second-order valence-electron chi connectivity index (χ2n) is 6.50. The van der Waals surface area contributed by atoms with Crippen molar-refractivity contribution in [3.05, 3.63) is 39.7 Å². The average Bonchev–Trinajstić information content (AvgIpc) is 2.49. The number of sulfone groups is 1. The highest BCUT2D eigenvalue weighted by Gasteiger charge is 2.53. The van der Waals surface area contributed by atoms with E-state index in [-0.39, 0.29) is 23.5 Å². The summed E-state index contributed by atoms with van der Waals surface area (Å²) in [5.41, 5.74) is 4.15. The van der Waals surface area contributed by atoms with Gasteiger partial charge in [0.15, 0.2) is 9.84 Å². The van der Waals surface area contributed by atoms with E-state index >= 15 is 0 Å². The fourth-order valence-electron chi connectivity index (χ4n) is 3.00. The summed E-state index contributed by atoms with van der Waals surface area (Å²) in [6.07, 6.45) is 0.130. The molecule has 0 saturated heterocycles. The van der Waals surface area contributed by atoms with Crippen LogP contribution in [0, 0.1) is 15.9 Å². The Balaban J connectivity index is 2.72. The molecule has 1 aliphatic rings. The van der Waals surface area contributed by atoms with Crippen LogP contribution < -0.4 is 5.73 Å². The molecule has 1 aliphatic heterocycles. The van der Waals surface area contributed by atoms with Crippen LogP contribution in [0.5, 0.6) is 0 Å². The summed E-state index contributed by atoms with van der Waals surface area (Å²) < 4.78 is 42.7. The van der Waals surface area contributed by atoms with Crippen molar-refractivity contribution in [2.45, 2.75) is 36.7 Å². The van der Waals surface area contributed by atoms with Crippen LogP contribution in [0.2, 0.25) is 0 Å². The Kier molecular flexibility index (Phi) is 4.64. The Morgan fingerprint density at radius 2 is 2.04 bits per heavy atom. The minimum absolute atomic E-state index is 0.0592. The predicted octanol–water partition coefficient (Wildman–Crippen LogP) is 1.53. The number of nitro groups is 1. The third-order valence-corrected chi connectivity index (χ3v) is 6.92. The Hall–Kier alpha value is -2.07. The van der Waals surface area contributed by atoms with E-state index in [9.17, 15) is 22.9 Å². The number of aliphatic imine (C=N–C) groups is 1. The molecule has 138 valence electrons. The zero-order valence-corrected chi connectivity index (χ0v) is 15.1. The topological polar surface area (TPSA) is 125 Å². The van der Waals surface area contributed by atoms with Crippen molar-refractivity contribution >= 4 is 21.4 Å². The van der Waals surface area contributed by atoms with Crippen molar-refractivity contribution in [3.63, 3.8) is 0 Å². The van der Waals surface area contributed by atoms with Gasteiger partial charge in [-0.15, -0.1) is 0 Å². The number of nitrogens with two attached hydrogens (primary N) is 1. The van der Waals surface area contributed by atoms with E-state index in [1.165, 1.54) is 21.0 Å². The maximum Gasteiger partial charge on any atom is 0.270 e. The van der Waals surface area contributed by atoms with E-state index in [1.54, 1.807) is 0 Å². The van der Waals surface area contributed by atoms with E-state index in [1.807, 2.05) is 0 Å². The largest absolute Gasteiger partial charge is 0.386 e. The number of nitro benzene ring substituents is 1.